The number of rotatable bonds is 6. The van der Waals surface area contributed by atoms with Crippen LogP contribution in [0.1, 0.15) is 41.8 Å². The molecule has 0 heterocycles. The second kappa shape index (κ2) is 7.80. The molecule has 0 saturated carbocycles. The van der Waals surface area contributed by atoms with Crippen molar-refractivity contribution in [1.29, 1.82) is 0 Å². The predicted octanol–water partition coefficient (Wildman–Crippen LogP) is 3.63. The Morgan fingerprint density at radius 1 is 1.12 bits per heavy atom. The second-order valence-electron chi connectivity index (χ2n) is 6.16. The van der Waals surface area contributed by atoms with Gasteiger partial charge in [0.2, 0.25) is 10.0 Å². The zero-order valence-electron chi connectivity index (χ0n) is 15.0. The maximum atomic E-state index is 12.5. The van der Waals surface area contributed by atoms with Crippen molar-refractivity contribution in [1.82, 2.24) is 4.72 Å². The summed E-state index contributed by atoms with van der Waals surface area (Å²) in [5, 5.41) is 2.84. The van der Waals surface area contributed by atoms with E-state index in [0.29, 0.717) is 12.0 Å². The van der Waals surface area contributed by atoms with E-state index < -0.39 is 10.0 Å². The average molecular weight is 360 g/mol. The first-order chi connectivity index (χ1) is 11.7. The topological polar surface area (TPSA) is 75.3 Å². The summed E-state index contributed by atoms with van der Waals surface area (Å²) in [4.78, 5) is 12.6. The van der Waals surface area contributed by atoms with E-state index in [2.05, 4.69) is 10.0 Å². The van der Waals surface area contributed by atoms with Crippen molar-refractivity contribution in [2.24, 2.45) is 0 Å². The van der Waals surface area contributed by atoms with Crippen molar-refractivity contribution in [2.45, 2.75) is 45.1 Å². The van der Waals surface area contributed by atoms with Crippen molar-refractivity contribution in [2.75, 3.05) is 5.32 Å². The number of sulfonamides is 1. The number of hydrogen-bond donors (Lipinski definition) is 2. The molecule has 0 aliphatic carbocycles. The molecule has 0 bridgehead atoms. The molecule has 0 radical (unpaired) electrons. The summed E-state index contributed by atoms with van der Waals surface area (Å²) in [7, 11) is -3.65. The molecule has 0 saturated heterocycles. The highest BCUT2D eigenvalue weighted by molar-refractivity contribution is 7.89. The van der Waals surface area contributed by atoms with Crippen LogP contribution in [0.25, 0.3) is 0 Å². The van der Waals surface area contributed by atoms with E-state index in [4.69, 9.17) is 0 Å². The largest absolute Gasteiger partial charge is 0.322 e. The van der Waals surface area contributed by atoms with Gasteiger partial charge < -0.3 is 5.32 Å². The Bertz CT molecular complexity index is 876. The van der Waals surface area contributed by atoms with Gasteiger partial charge in [-0.3, -0.25) is 4.79 Å². The van der Waals surface area contributed by atoms with E-state index in [-0.39, 0.29) is 16.8 Å². The van der Waals surface area contributed by atoms with Gasteiger partial charge in [-0.15, -0.1) is 0 Å². The van der Waals surface area contributed by atoms with Crippen molar-refractivity contribution in [3.8, 4) is 0 Å². The fourth-order valence-corrected chi connectivity index (χ4v) is 3.67. The van der Waals surface area contributed by atoms with Gasteiger partial charge in [-0.05, 0) is 62.6 Å². The predicted molar refractivity (Wildman–Crippen MR) is 100 cm³/mol. The molecule has 0 spiro atoms. The van der Waals surface area contributed by atoms with E-state index in [1.165, 1.54) is 12.1 Å². The van der Waals surface area contributed by atoms with Crippen LogP contribution in [0.4, 0.5) is 5.69 Å². The summed E-state index contributed by atoms with van der Waals surface area (Å²) >= 11 is 0. The summed E-state index contributed by atoms with van der Waals surface area (Å²) in [5.41, 5.74) is 3.08. The van der Waals surface area contributed by atoms with Gasteiger partial charge in [0.15, 0.2) is 0 Å². The lowest BCUT2D eigenvalue weighted by molar-refractivity contribution is 0.102. The van der Waals surface area contributed by atoms with Crippen LogP contribution in [0.3, 0.4) is 0 Å². The van der Waals surface area contributed by atoms with Crippen molar-refractivity contribution in [3.63, 3.8) is 0 Å². The minimum absolute atomic E-state index is 0.0846. The quantitative estimate of drug-likeness (QED) is 0.826. The normalized spacial score (nSPS) is 12.6. The van der Waals surface area contributed by atoms with Gasteiger partial charge in [0.1, 0.15) is 0 Å². The van der Waals surface area contributed by atoms with E-state index in [0.717, 1.165) is 16.8 Å². The SMILES string of the molecule is CCC(C)NS(=O)(=O)c1cccc(C(=O)Nc2cccc(C)c2C)c1. The van der Waals surface area contributed by atoms with Crippen LogP contribution in [-0.4, -0.2) is 20.4 Å². The van der Waals surface area contributed by atoms with Crippen molar-refractivity contribution >= 4 is 21.6 Å². The Balaban J connectivity index is 2.26. The lowest BCUT2D eigenvalue weighted by Gasteiger charge is -2.13. The minimum atomic E-state index is -3.65. The third-order valence-electron chi connectivity index (χ3n) is 4.23. The summed E-state index contributed by atoms with van der Waals surface area (Å²) in [6, 6.07) is 11.5. The van der Waals surface area contributed by atoms with Crippen molar-refractivity contribution < 1.29 is 13.2 Å². The number of benzene rings is 2. The zero-order valence-corrected chi connectivity index (χ0v) is 15.8. The number of nitrogens with one attached hydrogen (secondary N) is 2. The van der Waals surface area contributed by atoms with Gasteiger partial charge in [-0.2, -0.15) is 0 Å². The molecule has 2 aromatic rings. The highest BCUT2D eigenvalue weighted by atomic mass is 32.2. The lowest BCUT2D eigenvalue weighted by atomic mass is 10.1. The number of aryl methyl sites for hydroxylation is 1. The molecule has 1 amide bonds. The monoisotopic (exact) mass is 360 g/mol. The van der Waals surface area contributed by atoms with E-state index in [1.807, 2.05) is 39.0 Å². The van der Waals surface area contributed by atoms with E-state index >= 15 is 0 Å². The zero-order chi connectivity index (χ0) is 18.6. The maximum absolute atomic E-state index is 12.5. The van der Waals surface area contributed by atoms with Crippen LogP contribution in [0, 0.1) is 13.8 Å². The van der Waals surface area contributed by atoms with Crippen LogP contribution < -0.4 is 10.0 Å². The van der Waals surface area contributed by atoms with Crippen LogP contribution in [0.5, 0.6) is 0 Å². The van der Waals surface area contributed by atoms with Crippen LogP contribution >= 0.6 is 0 Å². The van der Waals surface area contributed by atoms with Gasteiger partial charge >= 0.3 is 0 Å². The molecule has 6 heteroatoms. The fraction of sp³-hybridized carbons (Fsp3) is 0.316. The minimum Gasteiger partial charge on any atom is -0.322 e. The highest BCUT2D eigenvalue weighted by Crippen LogP contribution is 2.20. The Labute approximate surface area is 149 Å². The van der Waals surface area contributed by atoms with Crippen molar-refractivity contribution in [3.05, 3.63) is 59.2 Å². The standard InChI is InChI=1S/C19H24N2O3S/c1-5-14(3)21-25(23,24)17-10-7-9-16(12-17)19(22)20-18-11-6-8-13(2)15(18)4/h6-12,14,21H,5H2,1-4H3,(H,20,22). The Kier molecular flexibility index (Phi) is 5.98. The smallest absolute Gasteiger partial charge is 0.255 e. The molecule has 1 atom stereocenters. The first kappa shape index (κ1) is 19.1. The lowest BCUT2D eigenvalue weighted by Crippen LogP contribution is -2.32. The Hall–Kier alpha value is -2.18. The summed E-state index contributed by atoms with van der Waals surface area (Å²) in [5.74, 6) is -0.339. The first-order valence-electron chi connectivity index (χ1n) is 8.24. The second-order valence-corrected chi connectivity index (χ2v) is 7.87. The fourth-order valence-electron chi connectivity index (χ4n) is 2.30. The molecule has 1 unspecified atom stereocenters. The third-order valence-corrected chi connectivity index (χ3v) is 5.82. The van der Waals surface area contributed by atoms with E-state index in [1.54, 1.807) is 19.1 Å². The van der Waals surface area contributed by atoms with Gasteiger partial charge in [-0.25, -0.2) is 13.1 Å². The average Bonchev–Trinajstić information content (AvgIpc) is 2.58. The van der Waals surface area contributed by atoms with Gasteiger partial charge in [0.05, 0.1) is 4.90 Å². The molecule has 25 heavy (non-hydrogen) atoms. The van der Waals surface area contributed by atoms with Crippen LogP contribution in [0.2, 0.25) is 0 Å². The molecular formula is C19H24N2O3S. The molecule has 2 rings (SSSR count). The Morgan fingerprint density at radius 3 is 2.48 bits per heavy atom. The molecule has 0 aliphatic heterocycles. The number of anilines is 1. The van der Waals surface area contributed by atoms with Gasteiger partial charge in [0, 0.05) is 17.3 Å². The molecule has 0 aromatic heterocycles. The third kappa shape index (κ3) is 4.67. The molecule has 0 aliphatic rings. The summed E-state index contributed by atoms with van der Waals surface area (Å²) in [6.07, 6.45) is 0.687. The molecule has 0 fully saturated rings. The first-order valence-corrected chi connectivity index (χ1v) is 9.73. The summed E-state index contributed by atoms with van der Waals surface area (Å²) in [6.45, 7) is 7.61. The molecule has 2 aromatic carbocycles. The number of carbonyl (C=O) groups is 1. The Morgan fingerprint density at radius 2 is 1.80 bits per heavy atom. The van der Waals surface area contributed by atoms with Gasteiger partial charge in [0.25, 0.3) is 5.91 Å². The molecular weight excluding hydrogens is 336 g/mol. The number of amides is 1. The number of carbonyl (C=O) groups excluding carboxylic acids is 1. The molecule has 5 nitrogen and oxygen atoms in total. The number of hydrogen-bond acceptors (Lipinski definition) is 3. The molecule has 134 valence electrons. The maximum Gasteiger partial charge on any atom is 0.255 e. The van der Waals surface area contributed by atoms with E-state index in [9.17, 15) is 13.2 Å². The van der Waals surface area contributed by atoms with Crippen LogP contribution in [-0.2, 0) is 10.0 Å². The molecule has 2 N–H and O–H groups in total. The van der Waals surface area contributed by atoms with Gasteiger partial charge in [-0.1, -0.05) is 25.1 Å². The highest BCUT2D eigenvalue weighted by Gasteiger charge is 2.18. The summed E-state index contributed by atoms with van der Waals surface area (Å²) < 4.78 is 27.4. The van der Waals surface area contributed by atoms with Crippen LogP contribution in [0.15, 0.2) is 47.4 Å².